The number of amides is 1. The number of carbonyl (C=O) groups is 2. The molecule has 2 N–H and O–H groups in total. The van der Waals surface area contributed by atoms with Crippen molar-refractivity contribution in [2.45, 2.75) is 69.9 Å². The highest BCUT2D eigenvalue weighted by molar-refractivity contribution is 6.37. The Kier molecular flexibility index (Phi) is 8.19. The first kappa shape index (κ1) is 21.9. The summed E-state index contributed by atoms with van der Waals surface area (Å²) in [5.74, 6) is -1.71. The van der Waals surface area contributed by atoms with Gasteiger partial charge in [0.1, 0.15) is 0 Å². The molecular weight excluding hydrogens is 390 g/mol. The SMILES string of the molecule is COC(=O)C(=O)Nc1ccc(Cl)cc1NC1CCN(C2CCCCCCC2)CC1. The summed E-state index contributed by atoms with van der Waals surface area (Å²) in [6.07, 6.45) is 11.6. The van der Waals surface area contributed by atoms with Crippen LogP contribution in [0.2, 0.25) is 5.02 Å². The lowest BCUT2D eigenvalue weighted by atomic mass is 9.93. The Morgan fingerprint density at radius 3 is 2.31 bits per heavy atom. The van der Waals surface area contributed by atoms with Crippen LogP contribution in [0.1, 0.15) is 57.8 Å². The normalized spacial score (nSPS) is 19.8. The van der Waals surface area contributed by atoms with Gasteiger partial charge < -0.3 is 20.3 Å². The fourth-order valence-electron chi connectivity index (χ4n) is 4.44. The Bertz CT molecular complexity index is 697. The molecular formula is C22H32ClN3O3. The minimum atomic E-state index is -0.918. The second-order valence-corrected chi connectivity index (χ2v) is 8.53. The number of halogens is 1. The van der Waals surface area contributed by atoms with Crippen molar-refractivity contribution in [2.24, 2.45) is 0 Å². The largest absolute Gasteiger partial charge is 0.462 e. The van der Waals surface area contributed by atoms with Crippen LogP contribution in [0.3, 0.4) is 0 Å². The molecule has 1 aliphatic carbocycles. The Labute approximate surface area is 178 Å². The van der Waals surface area contributed by atoms with E-state index in [0.29, 0.717) is 16.8 Å². The summed E-state index contributed by atoms with van der Waals surface area (Å²) in [4.78, 5) is 26.0. The number of nitrogens with zero attached hydrogens (tertiary/aromatic N) is 1. The molecule has 1 amide bonds. The van der Waals surface area contributed by atoms with Crippen molar-refractivity contribution in [3.8, 4) is 0 Å². The van der Waals surface area contributed by atoms with E-state index in [2.05, 4.69) is 20.3 Å². The van der Waals surface area contributed by atoms with E-state index in [-0.39, 0.29) is 0 Å². The van der Waals surface area contributed by atoms with Crippen LogP contribution >= 0.6 is 11.6 Å². The summed E-state index contributed by atoms with van der Waals surface area (Å²) in [6, 6.07) is 6.23. The maximum atomic E-state index is 11.9. The molecule has 160 valence electrons. The quantitative estimate of drug-likeness (QED) is 0.555. The Hall–Kier alpha value is -1.79. The first-order valence-electron chi connectivity index (χ1n) is 10.8. The molecule has 0 radical (unpaired) electrons. The van der Waals surface area contributed by atoms with E-state index in [4.69, 9.17) is 11.6 Å². The van der Waals surface area contributed by atoms with Crippen LogP contribution in [0.4, 0.5) is 11.4 Å². The number of benzene rings is 1. The molecule has 1 saturated carbocycles. The molecule has 1 aromatic rings. The summed E-state index contributed by atoms with van der Waals surface area (Å²) >= 11 is 6.16. The summed E-state index contributed by atoms with van der Waals surface area (Å²) in [5.41, 5.74) is 1.27. The number of piperidine rings is 1. The Balaban J connectivity index is 1.57. The van der Waals surface area contributed by atoms with Gasteiger partial charge in [-0.15, -0.1) is 0 Å². The monoisotopic (exact) mass is 421 g/mol. The zero-order valence-electron chi connectivity index (χ0n) is 17.2. The smallest absolute Gasteiger partial charge is 0.396 e. The standard InChI is InChI=1S/C22H32ClN3O3/c1-29-22(28)21(27)25-19-10-9-16(23)15-20(19)24-17-11-13-26(14-12-17)18-7-5-3-2-4-6-8-18/h9-10,15,17-18,24H,2-8,11-14H2,1H3,(H,25,27). The van der Waals surface area contributed by atoms with E-state index >= 15 is 0 Å². The van der Waals surface area contributed by atoms with E-state index in [9.17, 15) is 9.59 Å². The van der Waals surface area contributed by atoms with Gasteiger partial charge in [0.2, 0.25) is 0 Å². The van der Waals surface area contributed by atoms with Crippen LogP contribution in [0.25, 0.3) is 0 Å². The van der Waals surface area contributed by atoms with Gasteiger partial charge in [-0.1, -0.05) is 43.7 Å². The highest BCUT2D eigenvalue weighted by Crippen LogP contribution is 2.29. The van der Waals surface area contributed by atoms with Crippen molar-refractivity contribution in [1.29, 1.82) is 0 Å². The van der Waals surface area contributed by atoms with E-state index in [1.807, 2.05) is 0 Å². The van der Waals surface area contributed by atoms with E-state index in [0.717, 1.165) is 37.7 Å². The average Bonchev–Trinajstić information content (AvgIpc) is 2.70. The van der Waals surface area contributed by atoms with Crippen LogP contribution in [0.5, 0.6) is 0 Å². The van der Waals surface area contributed by atoms with Crippen LogP contribution in [-0.4, -0.2) is 49.1 Å². The number of rotatable bonds is 4. The molecule has 3 rings (SSSR count). The van der Waals surface area contributed by atoms with Crippen molar-refractivity contribution in [2.75, 3.05) is 30.8 Å². The van der Waals surface area contributed by atoms with E-state index in [1.165, 1.54) is 52.1 Å². The molecule has 0 bridgehead atoms. The van der Waals surface area contributed by atoms with Crippen molar-refractivity contribution in [3.63, 3.8) is 0 Å². The number of likely N-dealkylation sites (tertiary alicyclic amines) is 1. The van der Waals surface area contributed by atoms with Gasteiger partial charge in [0.25, 0.3) is 0 Å². The third kappa shape index (κ3) is 6.34. The lowest BCUT2D eigenvalue weighted by molar-refractivity contribution is -0.150. The average molecular weight is 422 g/mol. The number of hydrogen-bond acceptors (Lipinski definition) is 5. The van der Waals surface area contributed by atoms with Gasteiger partial charge in [-0.3, -0.25) is 4.79 Å². The highest BCUT2D eigenvalue weighted by atomic mass is 35.5. The molecule has 2 aliphatic rings. The fourth-order valence-corrected chi connectivity index (χ4v) is 4.61. The summed E-state index contributed by atoms with van der Waals surface area (Å²) in [5, 5.41) is 6.71. The zero-order chi connectivity index (χ0) is 20.6. The highest BCUT2D eigenvalue weighted by Gasteiger charge is 2.26. The van der Waals surface area contributed by atoms with Crippen LogP contribution in [0.15, 0.2) is 18.2 Å². The minimum Gasteiger partial charge on any atom is -0.462 e. The summed E-state index contributed by atoms with van der Waals surface area (Å²) < 4.78 is 4.48. The lowest BCUT2D eigenvalue weighted by Gasteiger charge is -2.39. The van der Waals surface area contributed by atoms with Gasteiger partial charge in [-0.05, 0) is 43.9 Å². The predicted molar refractivity (Wildman–Crippen MR) is 116 cm³/mol. The van der Waals surface area contributed by atoms with Crippen LogP contribution < -0.4 is 10.6 Å². The number of ether oxygens (including phenoxy) is 1. The lowest BCUT2D eigenvalue weighted by Crippen LogP contribution is -2.44. The van der Waals surface area contributed by atoms with Crippen molar-refractivity contribution >= 4 is 34.9 Å². The topological polar surface area (TPSA) is 70.7 Å². The van der Waals surface area contributed by atoms with E-state index < -0.39 is 11.9 Å². The predicted octanol–water partition coefficient (Wildman–Crippen LogP) is 4.44. The summed E-state index contributed by atoms with van der Waals surface area (Å²) in [6.45, 7) is 2.18. The Morgan fingerprint density at radius 2 is 1.66 bits per heavy atom. The van der Waals surface area contributed by atoms with Gasteiger partial charge in [-0.25, -0.2) is 4.79 Å². The molecule has 1 saturated heterocycles. The number of anilines is 2. The third-order valence-electron chi connectivity index (χ3n) is 6.08. The molecule has 0 unspecified atom stereocenters. The molecule has 1 aromatic carbocycles. The number of esters is 1. The number of carbonyl (C=O) groups excluding carboxylic acids is 2. The molecule has 7 heteroatoms. The maximum absolute atomic E-state index is 11.9. The third-order valence-corrected chi connectivity index (χ3v) is 6.32. The molecule has 6 nitrogen and oxygen atoms in total. The zero-order valence-corrected chi connectivity index (χ0v) is 18.0. The van der Waals surface area contributed by atoms with E-state index in [1.54, 1.807) is 18.2 Å². The van der Waals surface area contributed by atoms with Crippen LogP contribution in [-0.2, 0) is 14.3 Å². The van der Waals surface area contributed by atoms with Gasteiger partial charge in [0.15, 0.2) is 0 Å². The molecule has 0 spiro atoms. The number of hydrogen-bond donors (Lipinski definition) is 2. The van der Waals surface area contributed by atoms with Crippen molar-refractivity contribution in [1.82, 2.24) is 4.90 Å². The fraction of sp³-hybridized carbons (Fsp3) is 0.636. The molecule has 1 aliphatic heterocycles. The number of methoxy groups -OCH3 is 1. The van der Waals surface area contributed by atoms with Gasteiger partial charge in [0, 0.05) is 30.2 Å². The second kappa shape index (κ2) is 10.8. The first-order chi connectivity index (χ1) is 14.1. The Morgan fingerprint density at radius 1 is 1.00 bits per heavy atom. The molecule has 1 heterocycles. The minimum absolute atomic E-state index is 0.312. The van der Waals surface area contributed by atoms with Gasteiger partial charge in [0.05, 0.1) is 18.5 Å². The second-order valence-electron chi connectivity index (χ2n) is 8.09. The first-order valence-corrected chi connectivity index (χ1v) is 11.1. The van der Waals surface area contributed by atoms with Crippen molar-refractivity contribution in [3.05, 3.63) is 23.2 Å². The van der Waals surface area contributed by atoms with Gasteiger partial charge in [-0.2, -0.15) is 0 Å². The van der Waals surface area contributed by atoms with Crippen LogP contribution in [0, 0.1) is 0 Å². The number of nitrogens with one attached hydrogen (secondary N) is 2. The molecule has 0 atom stereocenters. The molecule has 0 aromatic heterocycles. The summed E-state index contributed by atoms with van der Waals surface area (Å²) in [7, 11) is 1.19. The molecule has 29 heavy (non-hydrogen) atoms. The molecule has 2 fully saturated rings. The maximum Gasteiger partial charge on any atom is 0.396 e. The van der Waals surface area contributed by atoms with Gasteiger partial charge >= 0.3 is 11.9 Å². The van der Waals surface area contributed by atoms with Crippen molar-refractivity contribution < 1.29 is 14.3 Å².